The second-order valence-corrected chi connectivity index (χ2v) is 6.88. The van der Waals surface area contributed by atoms with Crippen molar-refractivity contribution >= 4 is 11.4 Å². The molecule has 0 saturated carbocycles. The van der Waals surface area contributed by atoms with Crippen LogP contribution in [0, 0.1) is 0 Å². The lowest BCUT2D eigenvalue weighted by atomic mass is 10.1. The summed E-state index contributed by atoms with van der Waals surface area (Å²) in [5.41, 5.74) is 2.44. The molecule has 8 nitrogen and oxygen atoms in total. The van der Waals surface area contributed by atoms with Crippen molar-refractivity contribution in [2.75, 3.05) is 7.11 Å². The first-order valence-corrected chi connectivity index (χ1v) is 9.49. The molecule has 0 saturated heterocycles. The van der Waals surface area contributed by atoms with Gasteiger partial charge in [-0.1, -0.05) is 30.3 Å². The highest BCUT2D eigenvalue weighted by atomic mass is 16.5. The van der Waals surface area contributed by atoms with Crippen molar-refractivity contribution in [2.45, 2.75) is 19.5 Å². The third-order valence-electron chi connectivity index (χ3n) is 4.85. The van der Waals surface area contributed by atoms with E-state index in [-0.39, 0.29) is 24.1 Å². The molecule has 0 bridgehead atoms. The molecule has 1 atom stereocenters. The van der Waals surface area contributed by atoms with Crippen LogP contribution in [0.5, 0.6) is 5.75 Å². The highest BCUT2D eigenvalue weighted by Crippen LogP contribution is 2.21. The van der Waals surface area contributed by atoms with Gasteiger partial charge in [0, 0.05) is 5.56 Å². The minimum Gasteiger partial charge on any atom is -0.497 e. The Labute approximate surface area is 172 Å². The highest BCUT2D eigenvalue weighted by Gasteiger charge is 2.14. The molecule has 2 aromatic carbocycles. The van der Waals surface area contributed by atoms with Crippen LogP contribution in [0.15, 0.2) is 71.8 Å². The molecule has 30 heavy (non-hydrogen) atoms. The van der Waals surface area contributed by atoms with E-state index in [0.717, 1.165) is 21.6 Å². The maximum Gasteiger partial charge on any atom is 0.293 e. The van der Waals surface area contributed by atoms with Gasteiger partial charge in [0.25, 0.3) is 5.56 Å². The molecule has 0 radical (unpaired) electrons. The van der Waals surface area contributed by atoms with Gasteiger partial charge in [0.15, 0.2) is 0 Å². The largest absolute Gasteiger partial charge is 0.497 e. The van der Waals surface area contributed by atoms with E-state index in [2.05, 4.69) is 15.5 Å². The third kappa shape index (κ3) is 3.93. The Morgan fingerprint density at radius 1 is 1.13 bits per heavy atom. The molecule has 8 heteroatoms. The number of benzene rings is 2. The number of amides is 1. The summed E-state index contributed by atoms with van der Waals surface area (Å²) in [4.78, 5) is 25.2. The molecule has 0 aliphatic heterocycles. The second-order valence-electron chi connectivity index (χ2n) is 6.88. The fraction of sp³-hybridized carbons (Fsp3) is 0.182. The van der Waals surface area contributed by atoms with Gasteiger partial charge in [-0.25, -0.2) is 9.20 Å². The van der Waals surface area contributed by atoms with Gasteiger partial charge in [-0.15, -0.1) is 0 Å². The molecule has 152 valence electrons. The lowest BCUT2D eigenvalue weighted by molar-refractivity contribution is -0.122. The van der Waals surface area contributed by atoms with E-state index in [1.807, 2.05) is 61.5 Å². The molecule has 4 rings (SSSR count). The normalized spacial score (nSPS) is 11.9. The monoisotopic (exact) mass is 403 g/mol. The van der Waals surface area contributed by atoms with Gasteiger partial charge in [-0.05, 0) is 42.8 Å². The number of rotatable bonds is 6. The SMILES string of the molecule is COc1ccc(-c2cc3c(=O)n(CC(=O)N[C@@H](C)c4ccccc4)ncn3n2)cc1. The van der Waals surface area contributed by atoms with Gasteiger partial charge in [-0.3, -0.25) is 9.59 Å². The van der Waals surface area contributed by atoms with E-state index >= 15 is 0 Å². The fourth-order valence-electron chi connectivity index (χ4n) is 3.20. The zero-order chi connectivity index (χ0) is 21.1. The van der Waals surface area contributed by atoms with Crippen LogP contribution in [0.4, 0.5) is 0 Å². The summed E-state index contributed by atoms with van der Waals surface area (Å²) in [5, 5.41) is 11.4. The first-order valence-electron chi connectivity index (χ1n) is 9.49. The minimum absolute atomic E-state index is 0.171. The number of hydrogen-bond acceptors (Lipinski definition) is 5. The summed E-state index contributed by atoms with van der Waals surface area (Å²) in [5.74, 6) is 0.447. The number of aromatic nitrogens is 4. The Morgan fingerprint density at radius 3 is 2.57 bits per heavy atom. The van der Waals surface area contributed by atoms with Crippen LogP contribution in [0.2, 0.25) is 0 Å². The molecule has 1 N–H and O–H groups in total. The second kappa shape index (κ2) is 8.20. The van der Waals surface area contributed by atoms with E-state index < -0.39 is 0 Å². The number of nitrogens with zero attached hydrogens (tertiary/aromatic N) is 4. The predicted octanol–water partition coefficient (Wildman–Crippen LogP) is 2.44. The Balaban J connectivity index is 1.54. The van der Waals surface area contributed by atoms with E-state index in [1.54, 1.807) is 13.2 Å². The van der Waals surface area contributed by atoms with Gasteiger partial charge in [0.1, 0.15) is 24.1 Å². The minimum atomic E-state index is -0.382. The molecule has 1 amide bonds. The highest BCUT2D eigenvalue weighted by molar-refractivity contribution is 5.76. The van der Waals surface area contributed by atoms with Crippen LogP contribution >= 0.6 is 0 Å². The summed E-state index contributed by atoms with van der Waals surface area (Å²) in [6.45, 7) is 1.72. The first kappa shape index (κ1) is 19.4. The number of carbonyl (C=O) groups excluding carboxylic acids is 1. The first-order chi connectivity index (χ1) is 14.5. The quantitative estimate of drug-likeness (QED) is 0.534. The Kier molecular flexibility index (Phi) is 5.30. The zero-order valence-electron chi connectivity index (χ0n) is 16.6. The number of ether oxygens (including phenoxy) is 1. The predicted molar refractivity (Wildman–Crippen MR) is 112 cm³/mol. The maximum atomic E-state index is 12.8. The number of carbonyl (C=O) groups is 1. The van der Waals surface area contributed by atoms with Crippen molar-refractivity contribution in [2.24, 2.45) is 0 Å². The lowest BCUT2D eigenvalue weighted by Gasteiger charge is -2.14. The average molecular weight is 403 g/mol. The Bertz CT molecular complexity index is 1230. The summed E-state index contributed by atoms with van der Waals surface area (Å²) < 4.78 is 7.72. The van der Waals surface area contributed by atoms with Gasteiger partial charge >= 0.3 is 0 Å². The molecular weight excluding hydrogens is 382 g/mol. The maximum absolute atomic E-state index is 12.8. The van der Waals surface area contributed by atoms with Crippen molar-refractivity contribution in [3.05, 3.63) is 82.9 Å². The third-order valence-corrected chi connectivity index (χ3v) is 4.85. The molecule has 0 aliphatic rings. The van der Waals surface area contributed by atoms with Crippen LogP contribution in [-0.2, 0) is 11.3 Å². The summed E-state index contributed by atoms with van der Waals surface area (Å²) >= 11 is 0. The topological polar surface area (TPSA) is 90.5 Å². The number of fused-ring (bicyclic) bond motifs is 1. The number of nitrogens with one attached hydrogen (secondary N) is 1. The summed E-state index contributed by atoms with van der Waals surface area (Å²) in [6.07, 6.45) is 1.43. The molecule has 2 aromatic heterocycles. The van der Waals surface area contributed by atoms with Crippen molar-refractivity contribution in [3.8, 4) is 17.0 Å². The molecule has 0 spiro atoms. The molecule has 0 unspecified atom stereocenters. The lowest BCUT2D eigenvalue weighted by Crippen LogP contribution is -2.35. The summed E-state index contributed by atoms with van der Waals surface area (Å²) in [7, 11) is 1.60. The van der Waals surface area contributed by atoms with Crippen LogP contribution in [-0.4, -0.2) is 32.4 Å². The van der Waals surface area contributed by atoms with E-state index in [1.165, 1.54) is 10.8 Å². The van der Waals surface area contributed by atoms with Gasteiger partial charge in [-0.2, -0.15) is 10.2 Å². The fourth-order valence-corrected chi connectivity index (χ4v) is 3.20. The van der Waals surface area contributed by atoms with Crippen molar-refractivity contribution in [1.82, 2.24) is 24.7 Å². The number of methoxy groups -OCH3 is 1. The van der Waals surface area contributed by atoms with Crippen LogP contribution < -0.4 is 15.6 Å². The van der Waals surface area contributed by atoms with Crippen LogP contribution in [0.25, 0.3) is 16.8 Å². The molecule has 4 aromatic rings. The zero-order valence-corrected chi connectivity index (χ0v) is 16.6. The van der Waals surface area contributed by atoms with E-state index in [0.29, 0.717) is 11.2 Å². The van der Waals surface area contributed by atoms with Crippen LogP contribution in [0.3, 0.4) is 0 Å². The van der Waals surface area contributed by atoms with E-state index in [4.69, 9.17) is 4.74 Å². The Morgan fingerprint density at radius 2 is 1.87 bits per heavy atom. The van der Waals surface area contributed by atoms with E-state index in [9.17, 15) is 9.59 Å². The van der Waals surface area contributed by atoms with Gasteiger partial charge in [0.05, 0.1) is 18.8 Å². The number of hydrogen-bond donors (Lipinski definition) is 1. The van der Waals surface area contributed by atoms with Crippen molar-refractivity contribution in [1.29, 1.82) is 0 Å². The van der Waals surface area contributed by atoms with Crippen molar-refractivity contribution in [3.63, 3.8) is 0 Å². The average Bonchev–Trinajstić information content (AvgIpc) is 3.21. The molecular formula is C22H21N5O3. The smallest absolute Gasteiger partial charge is 0.293 e. The van der Waals surface area contributed by atoms with Crippen LogP contribution in [0.1, 0.15) is 18.5 Å². The standard InChI is InChI=1S/C22H21N5O3/c1-15(16-6-4-3-5-7-16)24-21(28)13-26-22(29)20-12-19(25-27(20)14-23-26)17-8-10-18(30-2)11-9-17/h3-12,14-15H,13H2,1-2H3,(H,24,28)/t15-/m0/s1. The van der Waals surface area contributed by atoms with Gasteiger partial charge in [0.2, 0.25) is 5.91 Å². The van der Waals surface area contributed by atoms with Crippen molar-refractivity contribution < 1.29 is 9.53 Å². The molecule has 2 heterocycles. The molecule has 0 fully saturated rings. The molecule has 0 aliphatic carbocycles. The summed E-state index contributed by atoms with van der Waals surface area (Å²) in [6, 6.07) is 18.5. The Hall–Kier alpha value is -3.94. The van der Waals surface area contributed by atoms with Gasteiger partial charge < -0.3 is 10.1 Å².